The summed E-state index contributed by atoms with van der Waals surface area (Å²) in [7, 11) is 0. The Hall–Kier alpha value is -0.910. The van der Waals surface area contributed by atoms with E-state index in [1.165, 1.54) is 5.56 Å². The van der Waals surface area contributed by atoms with Crippen LogP contribution in [0, 0.1) is 6.92 Å². The van der Waals surface area contributed by atoms with Crippen molar-refractivity contribution in [2.24, 2.45) is 0 Å². The van der Waals surface area contributed by atoms with Gasteiger partial charge in [-0.1, -0.05) is 28.9 Å². The lowest BCUT2D eigenvalue weighted by atomic mass is 10.2. The summed E-state index contributed by atoms with van der Waals surface area (Å²) in [6.07, 6.45) is 0.976. The molecule has 0 atom stereocenters. The zero-order valence-electron chi connectivity index (χ0n) is 11.2. The zero-order chi connectivity index (χ0) is 13.7. The molecule has 0 bridgehead atoms. The minimum absolute atomic E-state index is 0.947. The third-order valence-electron chi connectivity index (χ3n) is 2.78. The van der Waals surface area contributed by atoms with Crippen molar-refractivity contribution >= 4 is 38.1 Å². The number of hydrogen-bond acceptors (Lipinski definition) is 4. The topological polar surface area (TPSA) is 37.0 Å². The van der Waals surface area contributed by atoms with Crippen LogP contribution in [-0.2, 0) is 6.42 Å². The molecule has 1 aromatic heterocycles. The first-order chi connectivity index (χ1) is 9.19. The summed E-state index contributed by atoms with van der Waals surface area (Å²) in [4.78, 5) is 4.58. The van der Waals surface area contributed by atoms with Crippen molar-refractivity contribution in [1.82, 2.24) is 10.3 Å². The molecule has 2 N–H and O–H groups in total. The van der Waals surface area contributed by atoms with E-state index < -0.39 is 0 Å². The molecule has 0 radical (unpaired) electrons. The molecule has 3 nitrogen and oxygen atoms in total. The molecule has 102 valence electrons. The Balaban J connectivity index is 1.97. The third kappa shape index (κ3) is 4.30. The molecule has 1 aromatic carbocycles. The van der Waals surface area contributed by atoms with Crippen LogP contribution in [0.1, 0.15) is 18.2 Å². The zero-order valence-corrected chi connectivity index (χ0v) is 13.6. The van der Waals surface area contributed by atoms with Gasteiger partial charge in [0.25, 0.3) is 0 Å². The minimum Gasteiger partial charge on any atom is -0.332 e. The van der Waals surface area contributed by atoms with E-state index in [2.05, 4.69) is 69.0 Å². The average molecular weight is 340 g/mol. The molecule has 5 heteroatoms. The summed E-state index contributed by atoms with van der Waals surface area (Å²) in [5.74, 6) is 0. The van der Waals surface area contributed by atoms with E-state index in [1.807, 2.05) is 0 Å². The van der Waals surface area contributed by atoms with E-state index >= 15 is 0 Å². The number of benzene rings is 1. The lowest BCUT2D eigenvalue weighted by Crippen LogP contribution is -2.16. The van der Waals surface area contributed by atoms with Crippen LogP contribution in [0.4, 0.5) is 10.8 Å². The third-order valence-corrected chi connectivity index (χ3v) is 4.44. The van der Waals surface area contributed by atoms with Crippen molar-refractivity contribution in [2.45, 2.75) is 20.3 Å². The van der Waals surface area contributed by atoms with Gasteiger partial charge in [-0.05, 0) is 31.2 Å². The highest BCUT2D eigenvalue weighted by Gasteiger charge is 2.03. The van der Waals surface area contributed by atoms with Gasteiger partial charge in [0, 0.05) is 28.5 Å². The van der Waals surface area contributed by atoms with Gasteiger partial charge >= 0.3 is 0 Å². The Morgan fingerprint density at radius 2 is 2.21 bits per heavy atom. The summed E-state index contributed by atoms with van der Waals surface area (Å²) in [6.45, 7) is 6.18. The van der Waals surface area contributed by atoms with E-state index in [1.54, 1.807) is 11.3 Å². The molecule has 0 aliphatic heterocycles. The molecule has 0 spiro atoms. The van der Waals surface area contributed by atoms with Crippen LogP contribution in [0.3, 0.4) is 0 Å². The van der Waals surface area contributed by atoms with Gasteiger partial charge < -0.3 is 10.6 Å². The van der Waals surface area contributed by atoms with Gasteiger partial charge in [0.05, 0.1) is 5.69 Å². The molecule has 0 aliphatic rings. The van der Waals surface area contributed by atoms with E-state index in [-0.39, 0.29) is 0 Å². The predicted octanol–water partition coefficient (Wildman–Crippen LogP) is 4.11. The Kier molecular flexibility index (Phi) is 5.36. The number of likely N-dealkylation sites (N-methyl/N-ethyl adjacent to an activating group) is 1. The summed E-state index contributed by atoms with van der Waals surface area (Å²) < 4.78 is 1.11. The maximum absolute atomic E-state index is 4.58. The molecule has 2 aromatic rings. The van der Waals surface area contributed by atoms with Crippen molar-refractivity contribution in [2.75, 3.05) is 18.4 Å². The van der Waals surface area contributed by atoms with Crippen molar-refractivity contribution in [3.8, 4) is 0 Å². The van der Waals surface area contributed by atoms with E-state index in [9.17, 15) is 0 Å². The Morgan fingerprint density at radius 1 is 1.37 bits per heavy atom. The van der Waals surface area contributed by atoms with Crippen molar-refractivity contribution in [3.63, 3.8) is 0 Å². The first-order valence-electron chi connectivity index (χ1n) is 6.37. The largest absolute Gasteiger partial charge is 0.332 e. The first kappa shape index (κ1) is 14.5. The van der Waals surface area contributed by atoms with Crippen LogP contribution >= 0.6 is 27.3 Å². The quantitative estimate of drug-likeness (QED) is 0.777. The van der Waals surface area contributed by atoms with Crippen LogP contribution in [0.5, 0.6) is 0 Å². The highest BCUT2D eigenvalue weighted by Crippen LogP contribution is 2.25. The second kappa shape index (κ2) is 7.03. The number of aryl methyl sites for hydroxylation is 1. The van der Waals surface area contributed by atoms with Gasteiger partial charge in [-0.3, -0.25) is 0 Å². The summed E-state index contributed by atoms with van der Waals surface area (Å²) >= 11 is 5.19. The number of nitrogens with one attached hydrogen (secondary N) is 2. The van der Waals surface area contributed by atoms with Gasteiger partial charge in [0.15, 0.2) is 5.13 Å². The second-order valence-electron chi connectivity index (χ2n) is 4.34. The number of aromatic nitrogens is 1. The van der Waals surface area contributed by atoms with E-state index in [0.717, 1.165) is 40.5 Å². The highest BCUT2D eigenvalue weighted by molar-refractivity contribution is 9.10. The lowest BCUT2D eigenvalue weighted by Gasteiger charge is -2.04. The number of halogens is 1. The Bertz CT molecular complexity index is 539. The van der Waals surface area contributed by atoms with Crippen LogP contribution in [0.2, 0.25) is 0 Å². The molecule has 2 rings (SSSR count). The number of hydrogen-bond donors (Lipinski definition) is 2. The van der Waals surface area contributed by atoms with Gasteiger partial charge in [0.2, 0.25) is 0 Å². The van der Waals surface area contributed by atoms with Crippen LogP contribution in [0.15, 0.2) is 28.1 Å². The Labute approximate surface area is 126 Å². The molecule has 0 saturated carbocycles. The van der Waals surface area contributed by atoms with Gasteiger partial charge in [0.1, 0.15) is 0 Å². The SMILES string of the molecule is CCNCCc1csc(Nc2ccc(C)c(Br)c2)n1. The maximum atomic E-state index is 4.58. The molecule has 19 heavy (non-hydrogen) atoms. The number of nitrogens with zero attached hydrogens (tertiary/aromatic N) is 1. The van der Waals surface area contributed by atoms with Gasteiger partial charge in [-0.15, -0.1) is 11.3 Å². The highest BCUT2D eigenvalue weighted by atomic mass is 79.9. The first-order valence-corrected chi connectivity index (χ1v) is 8.04. The minimum atomic E-state index is 0.947. The van der Waals surface area contributed by atoms with Crippen LogP contribution in [0.25, 0.3) is 0 Å². The van der Waals surface area contributed by atoms with Crippen LogP contribution in [-0.4, -0.2) is 18.1 Å². The predicted molar refractivity (Wildman–Crippen MR) is 86.5 cm³/mol. The maximum Gasteiger partial charge on any atom is 0.187 e. The molecular formula is C14H18BrN3S. The fourth-order valence-electron chi connectivity index (χ4n) is 1.67. The molecule has 0 saturated heterocycles. The summed E-state index contributed by atoms with van der Waals surface area (Å²) in [6, 6.07) is 6.24. The monoisotopic (exact) mass is 339 g/mol. The fourth-order valence-corrected chi connectivity index (χ4v) is 2.81. The molecule has 0 unspecified atom stereocenters. The molecule has 0 amide bonds. The molecule has 1 heterocycles. The molecular weight excluding hydrogens is 322 g/mol. The smallest absolute Gasteiger partial charge is 0.187 e. The van der Waals surface area contributed by atoms with Crippen LogP contribution < -0.4 is 10.6 Å². The lowest BCUT2D eigenvalue weighted by molar-refractivity contribution is 0.710. The standard InChI is InChI=1S/C14H18BrN3S/c1-3-16-7-6-12-9-19-14(18-12)17-11-5-4-10(2)13(15)8-11/h4-5,8-9,16H,3,6-7H2,1-2H3,(H,17,18). The molecule has 0 fully saturated rings. The van der Waals surface area contributed by atoms with Crippen molar-refractivity contribution < 1.29 is 0 Å². The summed E-state index contributed by atoms with van der Waals surface area (Å²) in [5.41, 5.74) is 3.43. The molecule has 0 aliphatic carbocycles. The number of anilines is 2. The number of rotatable bonds is 6. The Morgan fingerprint density at radius 3 is 2.95 bits per heavy atom. The summed E-state index contributed by atoms with van der Waals surface area (Å²) in [5, 5.41) is 9.71. The van der Waals surface area contributed by atoms with Gasteiger partial charge in [-0.25, -0.2) is 4.98 Å². The van der Waals surface area contributed by atoms with Gasteiger partial charge in [-0.2, -0.15) is 0 Å². The number of thiazole rings is 1. The fraction of sp³-hybridized carbons (Fsp3) is 0.357. The second-order valence-corrected chi connectivity index (χ2v) is 6.05. The normalized spacial score (nSPS) is 10.7. The van der Waals surface area contributed by atoms with Crippen molar-refractivity contribution in [3.05, 3.63) is 39.3 Å². The van der Waals surface area contributed by atoms with E-state index in [4.69, 9.17) is 0 Å². The average Bonchev–Trinajstić information content (AvgIpc) is 2.82. The van der Waals surface area contributed by atoms with E-state index in [0.29, 0.717) is 0 Å². The van der Waals surface area contributed by atoms with Crippen molar-refractivity contribution in [1.29, 1.82) is 0 Å².